The zero-order valence-corrected chi connectivity index (χ0v) is 15.8. The van der Waals surface area contributed by atoms with Crippen molar-refractivity contribution in [1.29, 1.82) is 0 Å². The molecule has 1 saturated heterocycles. The maximum atomic E-state index is 12.6. The fourth-order valence-corrected chi connectivity index (χ4v) is 3.36. The van der Waals surface area contributed by atoms with E-state index in [1.807, 2.05) is 18.2 Å². The smallest absolute Gasteiger partial charge is 0.325 e. The van der Waals surface area contributed by atoms with Crippen molar-refractivity contribution < 1.29 is 19.1 Å². The van der Waals surface area contributed by atoms with Gasteiger partial charge in [-0.05, 0) is 35.9 Å². The van der Waals surface area contributed by atoms with Crippen molar-refractivity contribution in [2.24, 2.45) is 0 Å². The van der Waals surface area contributed by atoms with Gasteiger partial charge in [0.1, 0.15) is 11.8 Å². The summed E-state index contributed by atoms with van der Waals surface area (Å²) in [5.41, 5.74) is 2.35. The van der Waals surface area contributed by atoms with E-state index in [2.05, 4.69) is 15.6 Å². The van der Waals surface area contributed by atoms with Crippen LogP contribution in [0, 0.1) is 0 Å². The van der Waals surface area contributed by atoms with Gasteiger partial charge in [-0.3, -0.25) is 14.5 Å². The Labute approximate surface area is 166 Å². The van der Waals surface area contributed by atoms with Crippen LogP contribution < -0.4 is 15.4 Å². The predicted molar refractivity (Wildman–Crippen MR) is 107 cm³/mol. The lowest BCUT2D eigenvalue weighted by Crippen LogP contribution is -2.34. The Morgan fingerprint density at radius 2 is 1.93 bits per heavy atom. The highest BCUT2D eigenvalue weighted by molar-refractivity contribution is 6.08. The molecule has 1 unspecified atom stereocenters. The second-order valence-electron chi connectivity index (χ2n) is 6.77. The molecule has 2 heterocycles. The maximum Gasteiger partial charge on any atom is 0.325 e. The molecule has 148 valence electrons. The Hall–Kier alpha value is -3.81. The maximum absolute atomic E-state index is 12.6. The number of urea groups is 1. The number of nitrogens with zero attached hydrogens (tertiary/aromatic N) is 1. The van der Waals surface area contributed by atoms with Crippen LogP contribution in [0.5, 0.6) is 5.75 Å². The van der Waals surface area contributed by atoms with Gasteiger partial charge in [0, 0.05) is 17.1 Å². The highest BCUT2D eigenvalue weighted by Crippen LogP contribution is 2.23. The number of hydrogen-bond acceptors (Lipinski definition) is 4. The number of anilines is 1. The summed E-state index contributed by atoms with van der Waals surface area (Å²) in [6.45, 7) is 0.134. The summed E-state index contributed by atoms with van der Waals surface area (Å²) in [6.07, 6.45) is 1.66. The number of methoxy groups -OCH3 is 1. The molecule has 8 nitrogen and oxygen atoms in total. The van der Waals surface area contributed by atoms with Crippen molar-refractivity contribution >= 4 is 34.4 Å². The third-order valence-corrected chi connectivity index (χ3v) is 4.87. The molecule has 1 fully saturated rings. The average molecular weight is 392 g/mol. The molecule has 3 N–H and O–H groups in total. The first-order valence-corrected chi connectivity index (χ1v) is 9.16. The average Bonchev–Trinajstić information content (AvgIpc) is 3.30. The first-order valence-electron chi connectivity index (χ1n) is 9.16. The third-order valence-electron chi connectivity index (χ3n) is 4.87. The number of hydrogen-bond donors (Lipinski definition) is 3. The van der Waals surface area contributed by atoms with Crippen LogP contribution in [0.4, 0.5) is 10.5 Å². The monoisotopic (exact) mass is 392 g/mol. The minimum Gasteiger partial charge on any atom is -0.497 e. The number of benzene rings is 2. The van der Waals surface area contributed by atoms with Crippen molar-refractivity contribution in [1.82, 2.24) is 15.2 Å². The quantitative estimate of drug-likeness (QED) is 0.561. The summed E-state index contributed by atoms with van der Waals surface area (Å²) in [5, 5.41) is 6.29. The highest BCUT2D eigenvalue weighted by atomic mass is 16.5. The van der Waals surface area contributed by atoms with Gasteiger partial charge in [-0.2, -0.15) is 0 Å². The van der Waals surface area contributed by atoms with Gasteiger partial charge in [-0.1, -0.05) is 18.2 Å². The van der Waals surface area contributed by atoms with Crippen molar-refractivity contribution in [3.8, 4) is 5.75 Å². The molecule has 4 rings (SSSR count). The fraction of sp³-hybridized carbons (Fsp3) is 0.190. The number of aromatic amines is 1. The molecule has 1 aromatic heterocycles. The Kier molecular flexibility index (Phi) is 4.90. The van der Waals surface area contributed by atoms with Crippen LogP contribution in [0.1, 0.15) is 12.0 Å². The SMILES string of the molecule is COc1ccc(CN2C(=O)NC(CC(=O)Nc3cccc4[nH]ccc34)C2=O)cc1. The van der Waals surface area contributed by atoms with E-state index in [4.69, 9.17) is 4.74 Å². The zero-order chi connectivity index (χ0) is 20.4. The molecule has 0 aliphatic carbocycles. The number of rotatable bonds is 6. The molecule has 8 heteroatoms. The van der Waals surface area contributed by atoms with Gasteiger partial charge in [0.05, 0.1) is 25.8 Å². The summed E-state index contributed by atoms with van der Waals surface area (Å²) in [6, 6.07) is 13.1. The standard InChI is InChI=1S/C21H20N4O4/c1-29-14-7-5-13(6-8-14)12-25-20(27)18(24-21(25)28)11-19(26)23-17-4-2-3-16-15(17)9-10-22-16/h2-10,18,22H,11-12H2,1H3,(H,23,26)(H,24,28). The van der Waals surface area contributed by atoms with E-state index in [9.17, 15) is 14.4 Å². The summed E-state index contributed by atoms with van der Waals surface area (Å²) in [7, 11) is 1.57. The van der Waals surface area contributed by atoms with E-state index in [1.54, 1.807) is 43.6 Å². The first-order chi connectivity index (χ1) is 14.0. The minimum atomic E-state index is -0.883. The lowest BCUT2D eigenvalue weighted by molar-refractivity contribution is -0.130. The number of H-pyrrole nitrogens is 1. The van der Waals surface area contributed by atoms with E-state index in [0.29, 0.717) is 11.4 Å². The summed E-state index contributed by atoms with van der Waals surface area (Å²) in [5.74, 6) is -0.0672. The van der Waals surface area contributed by atoms with E-state index in [0.717, 1.165) is 21.4 Å². The zero-order valence-electron chi connectivity index (χ0n) is 15.8. The predicted octanol–water partition coefficient (Wildman–Crippen LogP) is 2.63. The molecule has 0 saturated carbocycles. The van der Waals surface area contributed by atoms with E-state index >= 15 is 0 Å². The molecule has 0 bridgehead atoms. The molecule has 1 aliphatic rings. The van der Waals surface area contributed by atoms with Crippen LogP contribution in [-0.2, 0) is 16.1 Å². The van der Waals surface area contributed by atoms with E-state index in [-0.39, 0.29) is 18.9 Å². The van der Waals surface area contributed by atoms with Gasteiger partial charge in [-0.25, -0.2) is 4.79 Å². The molecule has 3 aromatic rings. The summed E-state index contributed by atoms with van der Waals surface area (Å²) < 4.78 is 5.11. The number of imide groups is 1. The summed E-state index contributed by atoms with van der Waals surface area (Å²) in [4.78, 5) is 41.5. The number of carbonyl (C=O) groups is 3. The lowest BCUT2D eigenvalue weighted by Gasteiger charge is -2.13. The van der Waals surface area contributed by atoms with Gasteiger partial charge >= 0.3 is 6.03 Å². The lowest BCUT2D eigenvalue weighted by atomic mass is 10.1. The van der Waals surface area contributed by atoms with Gasteiger partial charge in [0.15, 0.2) is 0 Å². The molecule has 4 amide bonds. The van der Waals surface area contributed by atoms with Crippen molar-refractivity contribution in [2.45, 2.75) is 19.0 Å². The molecule has 29 heavy (non-hydrogen) atoms. The van der Waals surface area contributed by atoms with Gasteiger partial charge in [-0.15, -0.1) is 0 Å². The summed E-state index contributed by atoms with van der Waals surface area (Å²) >= 11 is 0. The van der Waals surface area contributed by atoms with Crippen molar-refractivity contribution in [2.75, 3.05) is 12.4 Å². The first kappa shape index (κ1) is 18.5. The second-order valence-corrected chi connectivity index (χ2v) is 6.77. The topological polar surface area (TPSA) is 104 Å². The largest absolute Gasteiger partial charge is 0.497 e. The van der Waals surface area contributed by atoms with Crippen molar-refractivity contribution in [3.63, 3.8) is 0 Å². The Bertz CT molecular complexity index is 1070. The minimum absolute atomic E-state index is 0.134. The number of ether oxygens (including phenoxy) is 1. The normalized spacial score (nSPS) is 16.2. The Morgan fingerprint density at radius 3 is 2.69 bits per heavy atom. The van der Waals surface area contributed by atoms with Crippen LogP contribution in [0.2, 0.25) is 0 Å². The molecule has 1 aliphatic heterocycles. The van der Waals surface area contributed by atoms with Crippen LogP contribution >= 0.6 is 0 Å². The number of nitrogens with one attached hydrogen (secondary N) is 3. The van der Waals surface area contributed by atoms with Crippen LogP contribution in [0.25, 0.3) is 10.9 Å². The number of carbonyl (C=O) groups excluding carboxylic acids is 3. The van der Waals surface area contributed by atoms with Crippen LogP contribution in [0.3, 0.4) is 0 Å². The van der Waals surface area contributed by atoms with Gasteiger partial charge in [0.2, 0.25) is 5.91 Å². The molecule has 2 aromatic carbocycles. The molecular formula is C21H20N4O4. The third kappa shape index (κ3) is 3.77. The highest BCUT2D eigenvalue weighted by Gasteiger charge is 2.39. The number of amides is 4. The van der Waals surface area contributed by atoms with Crippen LogP contribution in [-0.4, -0.2) is 40.9 Å². The van der Waals surface area contributed by atoms with Gasteiger partial charge < -0.3 is 20.4 Å². The fourth-order valence-electron chi connectivity index (χ4n) is 3.36. The molecule has 0 radical (unpaired) electrons. The van der Waals surface area contributed by atoms with E-state index in [1.165, 1.54) is 0 Å². The Morgan fingerprint density at radius 1 is 1.14 bits per heavy atom. The van der Waals surface area contributed by atoms with Gasteiger partial charge in [0.25, 0.3) is 5.91 Å². The van der Waals surface area contributed by atoms with Crippen molar-refractivity contribution in [3.05, 3.63) is 60.3 Å². The number of aromatic nitrogens is 1. The van der Waals surface area contributed by atoms with E-state index < -0.39 is 18.0 Å². The molecule has 0 spiro atoms. The van der Waals surface area contributed by atoms with Crippen LogP contribution in [0.15, 0.2) is 54.7 Å². The second kappa shape index (κ2) is 7.67. The molecular weight excluding hydrogens is 372 g/mol. The number of fused-ring (bicyclic) bond motifs is 1. The Balaban J connectivity index is 1.40. The molecule has 1 atom stereocenters.